The molecule has 0 saturated carbocycles. The fourth-order valence-electron chi connectivity index (χ4n) is 1.43. The van der Waals surface area contributed by atoms with Crippen molar-refractivity contribution in [1.29, 1.82) is 0 Å². The van der Waals surface area contributed by atoms with E-state index in [2.05, 4.69) is 48.3 Å². The standard InChI is InChI=1S/C12H19NS.ClH/c14-11-10-13-9-5-4-8-12-6-2-1-3-7-12;/h1-3,6-7,13-14H,4-5,8-11H2;1H. The quantitative estimate of drug-likeness (QED) is 0.556. The normalized spacial score (nSPS) is 9.67. The van der Waals surface area contributed by atoms with Gasteiger partial charge in [-0.05, 0) is 31.4 Å². The van der Waals surface area contributed by atoms with Crippen LogP contribution in [0, 0.1) is 0 Å². The number of halogens is 1. The van der Waals surface area contributed by atoms with Gasteiger partial charge < -0.3 is 5.32 Å². The average Bonchev–Trinajstić information content (AvgIpc) is 2.25. The Labute approximate surface area is 104 Å². The number of nitrogens with one attached hydrogen (secondary N) is 1. The molecule has 0 spiro atoms. The molecule has 0 amide bonds. The highest BCUT2D eigenvalue weighted by atomic mass is 35.5. The largest absolute Gasteiger partial charge is 0.316 e. The zero-order chi connectivity index (χ0) is 10.1. The summed E-state index contributed by atoms with van der Waals surface area (Å²) < 4.78 is 0. The summed E-state index contributed by atoms with van der Waals surface area (Å²) in [6, 6.07) is 10.7. The van der Waals surface area contributed by atoms with Gasteiger partial charge in [0.2, 0.25) is 0 Å². The van der Waals surface area contributed by atoms with Crippen molar-refractivity contribution in [3.05, 3.63) is 35.9 Å². The Balaban J connectivity index is 0.00000196. The average molecular weight is 246 g/mol. The molecular weight excluding hydrogens is 226 g/mol. The van der Waals surface area contributed by atoms with Gasteiger partial charge in [-0.25, -0.2) is 0 Å². The van der Waals surface area contributed by atoms with Gasteiger partial charge in [0.1, 0.15) is 0 Å². The molecule has 0 heterocycles. The molecule has 0 bridgehead atoms. The van der Waals surface area contributed by atoms with Crippen molar-refractivity contribution < 1.29 is 0 Å². The fraction of sp³-hybridized carbons (Fsp3) is 0.500. The van der Waals surface area contributed by atoms with E-state index in [0.717, 1.165) is 18.8 Å². The van der Waals surface area contributed by atoms with Crippen molar-refractivity contribution in [2.24, 2.45) is 0 Å². The number of benzene rings is 1. The number of unbranched alkanes of at least 4 members (excludes halogenated alkanes) is 1. The monoisotopic (exact) mass is 245 g/mol. The molecule has 0 saturated heterocycles. The predicted octanol–water partition coefficient (Wildman–Crippen LogP) is 2.95. The SMILES string of the molecule is Cl.SCCNCCCCc1ccccc1. The van der Waals surface area contributed by atoms with E-state index in [1.54, 1.807) is 0 Å². The molecule has 0 aliphatic heterocycles. The topological polar surface area (TPSA) is 12.0 Å². The third-order valence-electron chi connectivity index (χ3n) is 2.20. The molecule has 0 atom stereocenters. The molecule has 0 fully saturated rings. The molecule has 15 heavy (non-hydrogen) atoms. The van der Waals surface area contributed by atoms with Crippen molar-refractivity contribution in [2.45, 2.75) is 19.3 Å². The lowest BCUT2D eigenvalue weighted by molar-refractivity contribution is 0.643. The minimum absolute atomic E-state index is 0. The smallest absolute Gasteiger partial charge is 0.00397 e. The number of hydrogen-bond acceptors (Lipinski definition) is 2. The highest BCUT2D eigenvalue weighted by Gasteiger charge is 1.91. The van der Waals surface area contributed by atoms with Gasteiger partial charge in [-0.2, -0.15) is 12.6 Å². The first-order valence-electron chi connectivity index (χ1n) is 5.29. The molecular formula is C12H20ClNS. The second-order valence-electron chi connectivity index (χ2n) is 3.42. The van der Waals surface area contributed by atoms with Gasteiger partial charge in [0.25, 0.3) is 0 Å². The molecule has 0 aliphatic carbocycles. The zero-order valence-corrected chi connectivity index (χ0v) is 10.7. The molecule has 1 N–H and O–H groups in total. The van der Waals surface area contributed by atoms with Gasteiger partial charge in [0, 0.05) is 12.3 Å². The maximum absolute atomic E-state index is 4.14. The van der Waals surface area contributed by atoms with E-state index >= 15 is 0 Å². The summed E-state index contributed by atoms with van der Waals surface area (Å²) in [4.78, 5) is 0. The van der Waals surface area contributed by atoms with Crippen molar-refractivity contribution in [3.8, 4) is 0 Å². The van der Waals surface area contributed by atoms with Crippen LogP contribution in [0.3, 0.4) is 0 Å². The summed E-state index contributed by atoms with van der Waals surface area (Å²) >= 11 is 4.14. The van der Waals surface area contributed by atoms with Gasteiger partial charge >= 0.3 is 0 Å². The van der Waals surface area contributed by atoms with Gasteiger partial charge in [-0.1, -0.05) is 30.3 Å². The van der Waals surface area contributed by atoms with E-state index in [-0.39, 0.29) is 12.4 Å². The summed E-state index contributed by atoms with van der Waals surface area (Å²) in [6.07, 6.45) is 3.72. The molecule has 3 heteroatoms. The second kappa shape index (κ2) is 10.3. The van der Waals surface area contributed by atoms with Crippen LogP contribution >= 0.6 is 25.0 Å². The molecule has 0 aromatic heterocycles. The van der Waals surface area contributed by atoms with E-state index in [0.29, 0.717) is 0 Å². The van der Waals surface area contributed by atoms with E-state index in [1.165, 1.54) is 24.8 Å². The highest BCUT2D eigenvalue weighted by Crippen LogP contribution is 2.03. The van der Waals surface area contributed by atoms with E-state index in [9.17, 15) is 0 Å². The predicted molar refractivity (Wildman–Crippen MR) is 73.4 cm³/mol. The third-order valence-corrected chi connectivity index (χ3v) is 2.42. The molecule has 86 valence electrons. The van der Waals surface area contributed by atoms with Crippen molar-refractivity contribution in [1.82, 2.24) is 5.32 Å². The first-order valence-corrected chi connectivity index (χ1v) is 5.92. The molecule has 1 aromatic rings. The first kappa shape index (κ1) is 14.8. The summed E-state index contributed by atoms with van der Waals surface area (Å²) in [5, 5.41) is 3.34. The van der Waals surface area contributed by atoms with E-state index < -0.39 is 0 Å². The van der Waals surface area contributed by atoms with Crippen LogP contribution in [-0.2, 0) is 6.42 Å². The van der Waals surface area contributed by atoms with Crippen LogP contribution in [0.2, 0.25) is 0 Å². The third kappa shape index (κ3) is 7.71. The fourth-order valence-corrected chi connectivity index (χ4v) is 1.59. The van der Waals surface area contributed by atoms with Gasteiger partial charge in [0.15, 0.2) is 0 Å². The summed E-state index contributed by atoms with van der Waals surface area (Å²) in [6.45, 7) is 2.14. The summed E-state index contributed by atoms with van der Waals surface area (Å²) in [5.74, 6) is 0.929. The van der Waals surface area contributed by atoms with Crippen LogP contribution in [0.5, 0.6) is 0 Å². The first-order chi connectivity index (χ1) is 6.93. The van der Waals surface area contributed by atoms with Gasteiger partial charge in [0.05, 0.1) is 0 Å². The number of hydrogen-bond donors (Lipinski definition) is 2. The maximum Gasteiger partial charge on any atom is 0.00397 e. The Kier molecular flexibility index (Phi) is 10.2. The minimum Gasteiger partial charge on any atom is -0.316 e. The number of aryl methyl sites for hydroxylation is 1. The Morgan fingerprint density at radius 3 is 2.40 bits per heavy atom. The van der Waals surface area contributed by atoms with Crippen LogP contribution in [0.1, 0.15) is 18.4 Å². The lowest BCUT2D eigenvalue weighted by atomic mass is 10.1. The summed E-state index contributed by atoms with van der Waals surface area (Å²) in [7, 11) is 0. The number of rotatable bonds is 7. The lowest BCUT2D eigenvalue weighted by Crippen LogP contribution is -2.17. The van der Waals surface area contributed by atoms with Gasteiger partial charge in [-0.15, -0.1) is 12.4 Å². The van der Waals surface area contributed by atoms with E-state index in [4.69, 9.17) is 0 Å². The maximum atomic E-state index is 4.14. The Morgan fingerprint density at radius 2 is 1.73 bits per heavy atom. The molecule has 0 aliphatic rings. The second-order valence-corrected chi connectivity index (χ2v) is 3.86. The van der Waals surface area contributed by atoms with Crippen molar-refractivity contribution in [2.75, 3.05) is 18.8 Å². The van der Waals surface area contributed by atoms with Crippen molar-refractivity contribution >= 4 is 25.0 Å². The Bertz CT molecular complexity index is 228. The Hall–Kier alpha value is -0.180. The van der Waals surface area contributed by atoms with Crippen molar-refractivity contribution in [3.63, 3.8) is 0 Å². The minimum atomic E-state index is 0. The molecule has 0 radical (unpaired) electrons. The van der Waals surface area contributed by atoms with Crippen LogP contribution in [0.15, 0.2) is 30.3 Å². The molecule has 1 rings (SSSR count). The van der Waals surface area contributed by atoms with Crippen LogP contribution in [-0.4, -0.2) is 18.8 Å². The van der Waals surface area contributed by atoms with Crippen LogP contribution in [0.25, 0.3) is 0 Å². The van der Waals surface area contributed by atoms with Crippen LogP contribution < -0.4 is 5.32 Å². The van der Waals surface area contributed by atoms with Crippen LogP contribution in [0.4, 0.5) is 0 Å². The zero-order valence-electron chi connectivity index (χ0n) is 8.98. The van der Waals surface area contributed by atoms with E-state index in [1.807, 2.05) is 0 Å². The summed E-state index contributed by atoms with van der Waals surface area (Å²) in [5.41, 5.74) is 1.45. The van der Waals surface area contributed by atoms with Gasteiger partial charge in [-0.3, -0.25) is 0 Å². The highest BCUT2D eigenvalue weighted by molar-refractivity contribution is 7.80. The Morgan fingerprint density at radius 1 is 1.00 bits per heavy atom. The molecule has 1 aromatic carbocycles. The number of thiol groups is 1. The molecule has 1 nitrogen and oxygen atoms in total. The molecule has 0 unspecified atom stereocenters. The lowest BCUT2D eigenvalue weighted by Gasteiger charge is -2.02.